The number of aliphatic hydroxyl groups is 2. The Kier molecular flexibility index (Phi) is 21.4. The highest BCUT2D eigenvalue weighted by atomic mass is 127. The summed E-state index contributed by atoms with van der Waals surface area (Å²) in [7, 11) is 0. The van der Waals surface area contributed by atoms with E-state index in [1.54, 1.807) is 12.3 Å². The molecule has 0 saturated carbocycles. The first-order chi connectivity index (χ1) is 20.0. The van der Waals surface area contributed by atoms with Crippen molar-refractivity contribution in [3.8, 4) is 5.75 Å². The van der Waals surface area contributed by atoms with Crippen LogP contribution in [0.4, 0.5) is 5.69 Å². The van der Waals surface area contributed by atoms with Crippen molar-refractivity contribution in [2.45, 2.75) is 40.4 Å². The Hall–Kier alpha value is -1.23. The third-order valence-corrected chi connectivity index (χ3v) is 7.41. The zero-order chi connectivity index (χ0) is 30.5. The number of aliphatic hydroxyl groups excluding tert-OH is 2. The molecule has 2 aromatic carbocycles. The molecule has 3 aromatic rings. The van der Waals surface area contributed by atoms with E-state index in [9.17, 15) is 5.11 Å². The fourth-order valence-electron chi connectivity index (χ4n) is 3.75. The zero-order valence-electron chi connectivity index (χ0n) is 24.3. The van der Waals surface area contributed by atoms with E-state index in [1.165, 1.54) is 0 Å². The molecule has 4 rings (SSSR count). The normalized spacial score (nSPS) is 13.7. The topological polar surface area (TPSA) is 78.3 Å². The summed E-state index contributed by atoms with van der Waals surface area (Å²) in [6.45, 7) is 13.0. The van der Waals surface area contributed by atoms with Gasteiger partial charge in [0.2, 0.25) is 0 Å². The molecule has 2 atom stereocenters. The van der Waals surface area contributed by atoms with E-state index < -0.39 is 6.10 Å². The van der Waals surface area contributed by atoms with E-state index in [-0.39, 0.29) is 13.2 Å². The van der Waals surface area contributed by atoms with E-state index in [0.29, 0.717) is 30.4 Å². The number of β-amino-alcohol motifs (C(OH)–C–C–N with tert-alkyl or cyclic N) is 1. The highest BCUT2D eigenvalue weighted by Crippen LogP contribution is 2.31. The summed E-state index contributed by atoms with van der Waals surface area (Å²) in [5.41, 5.74) is 2.66. The highest BCUT2D eigenvalue weighted by molar-refractivity contribution is 14.2. The molecule has 0 bridgehead atoms. The second-order valence-corrected chi connectivity index (χ2v) is 10.8. The number of piperazine rings is 1. The molecule has 0 aliphatic carbocycles. The number of nitrogens with zero attached hydrogens (tertiary/aromatic N) is 3. The summed E-state index contributed by atoms with van der Waals surface area (Å²) in [5.74, 6) is 0.653. The van der Waals surface area contributed by atoms with Gasteiger partial charge in [0.15, 0.2) is 0 Å². The monoisotopic (exact) mass is 737 g/mol. The minimum atomic E-state index is -0.572. The summed E-state index contributed by atoms with van der Waals surface area (Å²) in [6.07, 6.45) is 1.16. The summed E-state index contributed by atoms with van der Waals surface area (Å²) in [6, 6.07) is 18.9. The van der Waals surface area contributed by atoms with E-state index in [4.69, 9.17) is 37.6 Å². The Bertz CT molecular complexity index is 1060. The van der Waals surface area contributed by atoms with Gasteiger partial charge in [-0.2, -0.15) is 0 Å². The molecule has 1 aromatic heterocycles. The molecule has 2 N–H and O–H groups in total. The molecular weight excluding hydrogens is 695 g/mol. The highest BCUT2D eigenvalue weighted by Gasteiger charge is 2.22. The Labute approximate surface area is 270 Å². The van der Waals surface area contributed by atoms with Crippen molar-refractivity contribution in [3.63, 3.8) is 0 Å². The van der Waals surface area contributed by atoms with Crippen LogP contribution < -0.4 is 9.64 Å². The van der Waals surface area contributed by atoms with Gasteiger partial charge < -0.3 is 24.4 Å². The fourth-order valence-corrected chi connectivity index (χ4v) is 4.86. The number of pyridine rings is 1. The van der Waals surface area contributed by atoms with Crippen LogP contribution in [0.5, 0.6) is 5.75 Å². The molecule has 41 heavy (non-hydrogen) atoms. The largest absolute Gasteiger partial charge is 0.491 e. The van der Waals surface area contributed by atoms with Gasteiger partial charge in [0, 0.05) is 55.6 Å². The molecule has 0 spiro atoms. The lowest BCUT2D eigenvalue weighted by Gasteiger charge is -2.37. The number of benzene rings is 2. The van der Waals surface area contributed by atoms with Gasteiger partial charge in [-0.1, -0.05) is 75.2 Å². The maximum absolute atomic E-state index is 10.6. The third kappa shape index (κ3) is 14.7. The predicted octanol–water partition coefficient (Wildman–Crippen LogP) is 7.81. The second kappa shape index (κ2) is 23.3. The molecule has 1 saturated heterocycles. The molecule has 228 valence electrons. The Morgan fingerprint density at radius 1 is 0.976 bits per heavy atom. The minimum absolute atomic E-state index is 0.0271. The van der Waals surface area contributed by atoms with E-state index in [1.807, 2.05) is 82.3 Å². The number of rotatable bonds is 10. The lowest BCUT2D eigenvalue weighted by Crippen LogP contribution is -2.47. The summed E-state index contributed by atoms with van der Waals surface area (Å²) in [5, 5.41) is 20.9. The van der Waals surface area contributed by atoms with Crippen molar-refractivity contribution < 1.29 is 19.5 Å². The van der Waals surface area contributed by atoms with Crippen LogP contribution in [0.1, 0.15) is 45.1 Å². The van der Waals surface area contributed by atoms with Gasteiger partial charge >= 0.3 is 0 Å². The maximum atomic E-state index is 10.6. The van der Waals surface area contributed by atoms with Gasteiger partial charge in [-0.25, -0.2) is 0 Å². The zero-order valence-corrected chi connectivity index (χ0v) is 28.9. The number of hydrogen-bond donors (Lipinski definition) is 2. The lowest BCUT2D eigenvalue weighted by atomic mass is 10.1. The van der Waals surface area contributed by atoms with Crippen molar-refractivity contribution in [3.05, 3.63) is 88.2 Å². The average Bonchev–Trinajstić information content (AvgIpc) is 3.02. The minimum Gasteiger partial charge on any atom is -0.491 e. The summed E-state index contributed by atoms with van der Waals surface area (Å²) < 4.78 is 10.8. The van der Waals surface area contributed by atoms with Crippen LogP contribution in [-0.2, 0) is 11.1 Å². The van der Waals surface area contributed by atoms with Crippen LogP contribution in [-0.4, -0.2) is 66.0 Å². The Balaban J connectivity index is 0.000000649. The van der Waals surface area contributed by atoms with Crippen LogP contribution in [0.3, 0.4) is 0 Å². The van der Waals surface area contributed by atoms with Crippen LogP contribution in [0.25, 0.3) is 0 Å². The van der Waals surface area contributed by atoms with E-state index in [2.05, 4.69) is 36.8 Å². The van der Waals surface area contributed by atoms with Gasteiger partial charge in [-0.3, -0.25) is 9.88 Å². The van der Waals surface area contributed by atoms with Crippen LogP contribution in [0.2, 0.25) is 10.0 Å². The van der Waals surface area contributed by atoms with Crippen molar-refractivity contribution in [1.82, 2.24) is 9.88 Å². The molecule has 11 heteroatoms. The van der Waals surface area contributed by atoms with Gasteiger partial charge in [-0.05, 0) is 52.4 Å². The maximum Gasteiger partial charge on any atom is 0.121 e. The Morgan fingerprint density at radius 2 is 1.66 bits per heavy atom. The number of halogens is 3. The molecule has 7 nitrogen and oxygen atoms in total. The first-order valence-electron chi connectivity index (χ1n) is 13.8. The second-order valence-electron chi connectivity index (χ2n) is 8.23. The summed E-state index contributed by atoms with van der Waals surface area (Å²) >= 11 is 14.2. The number of hydrogen-bond acceptors (Lipinski definition) is 7. The van der Waals surface area contributed by atoms with Crippen molar-refractivity contribution in [2.75, 3.05) is 50.8 Å². The first-order valence-corrected chi connectivity index (χ1v) is 18.6. The van der Waals surface area contributed by atoms with Gasteiger partial charge in [-0.15, -0.1) is 0 Å². The van der Waals surface area contributed by atoms with E-state index in [0.717, 1.165) is 48.1 Å². The number of aromatic nitrogens is 1. The smallest absolute Gasteiger partial charge is 0.121 e. The van der Waals surface area contributed by atoms with Crippen LogP contribution in [0, 0.1) is 0 Å². The molecule has 0 radical (unpaired) electrons. The van der Waals surface area contributed by atoms with Crippen LogP contribution in [0.15, 0.2) is 66.9 Å². The molecular formula is C30H43Cl2IN3O4P. The molecule has 1 fully saturated rings. The summed E-state index contributed by atoms with van der Waals surface area (Å²) in [4.78, 5) is 8.86. The van der Waals surface area contributed by atoms with Crippen molar-refractivity contribution in [1.29, 1.82) is 0 Å². The molecule has 0 amide bonds. The standard InChI is InChI=1S/C20H26ClIN3O4P.C6H5Cl.2C2H6/c21-18-11-17(28-10-9-26)3-4-19(18)25-7-5-24(6-8-25)13-20(27)15-1-2-16(23-12-15)14-29-30-22;7-6-4-2-1-3-5-6;2*1-2/h1-4,11-12,20,26-27,30H,5-10,13-14H2;1-5H;2*1-2H3. The average molecular weight is 738 g/mol. The SMILES string of the molecule is CC.CC.Clc1ccccc1.OCCOc1ccc(N2CCN(CC(O)c3ccc(COPI)nc3)CC2)c(Cl)c1. The number of anilines is 1. The van der Waals surface area contributed by atoms with Gasteiger partial charge in [0.25, 0.3) is 0 Å². The number of ether oxygens (including phenoxy) is 1. The van der Waals surface area contributed by atoms with Crippen LogP contribution >= 0.6 is 51.7 Å². The molecule has 1 aliphatic heterocycles. The molecule has 2 heterocycles. The molecule has 1 aliphatic rings. The predicted molar refractivity (Wildman–Crippen MR) is 183 cm³/mol. The third-order valence-electron chi connectivity index (χ3n) is 5.66. The van der Waals surface area contributed by atoms with Crippen molar-refractivity contribution >= 4 is 57.4 Å². The molecule has 2 unspecified atom stereocenters. The Morgan fingerprint density at radius 3 is 2.17 bits per heavy atom. The quantitative estimate of drug-likeness (QED) is 0.162. The van der Waals surface area contributed by atoms with Gasteiger partial charge in [0.1, 0.15) is 12.4 Å². The fraction of sp³-hybridized carbons (Fsp3) is 0.433. The van der Waals surface area contributed by atoms with Gasteiger partial charge in [0.05, 0.1) is 42.2 Å². The lowest BCUT2D eigenvalue weighted by molar-refractivity contribution is 0.109. The first kappa shape index (κ1) is 37.8. The van der Waals surface area contributed by atoms with Crippen molar-refractivity contribution in [2.24, 2.45) is 0 Å². The van der Waals surface area contributed by atoms with E-state index >= 15 is 0 Å².